The minimum atomic E-state index is -0.334. The summed E-state index contributed by atoms with van der Waals surface area (Å²) in [6.07, 6.45) is 10.8. The molecule has 226 valence electrons. The van der Waals surface area contributed by atoms with Gasteiger partial charge < -0.3 is 10.6 Å². The van der Waals surface area contributed by atoms with E-state index in [9.17, 15) is 14.4 Å². The molecule has 1 amide bonds. The zero-order valence-corrected chi connectivity index (χ0v) is 25.9. The number of carbonyl (C=O) groups is 3. The normalized spacial score (nSPS) is 12.0. The Kier molecular flexibility index (Phi) is 10.4. The zero-order chi connectivity index (χ0) is 30.9. The maximum atomic E-state index is 13.7. The van der Waals surface area contributed by atoms with Gasteiger partial charge in [0.05, 0.1) is 16.8 Å². The van der Waals surface area contributed by atoms with E-state index < -0.39 is 0 Å². The second kappa shape index (κ2) is 14.8. The van der Waals surface area contributed by atoms with Crippen LogP contribution in [0.2, 0.25) is 0 Å². The monoisotopic (exact) mass is 586 g/mol. The van der Waals surface area contributed by atoms with E-state index in [2.05, 4.69) is 48.7 Å². The van der Waals surface area contributed by atoms with Crippen molar-refractivity contribution in [1.29, 1.82) is 0 Å². The third-order valence-corrected chi connectivity index (χ3v) is 8.42. The smallest absolute Gasteiger partial charge is 0.255 e. The van der Waals surface area contributed by atoms with E-state index in [-0.39, 0.29) is 23.0 Å². The van der Waals surface area contributed by atoms with E-state index in [0.717, 1.165) is 30.4 Å². The average Bonchev–Trinajstić information content (AvgIpc) is 3.06. The van der Waals surface area contributed by atoms with Crippen LogP contribution in [0, 0.1) is 0 Å². The van der Waals surface area contributed by atoms with Crippen molar-refractivity contribution in [2.24, 2.45) is 0 Å². The number of nitrogens with one attached hydrogen (secondary N) is 2. The SMILES string of the molecule is CCCCCCCCc1ccc(-c2ccc(C(=O)Nc3ccc(NCCCC)c4c3C(=O)c3ccccc3C4=O)cc2)cc1. The van der Waals surface area contributed by atoms with Gasteiger partial charge in [-0.15, -0.1) is 0 Å². The summed E-state index contributed by atoms with van der Waals surface area (Å²) in [5, 5.41) is 6.25. The Bertz CT molecular complexity index is 1620. The molecule has 0 aromatic heterocycles. The molecule has 5 nitrogen and oxygen atoms in total. The van der Waals surface area contributed by atoms with Crippen molar-refractivity contribution in [3.63, 3.8) is 0 Å². The molecule has 0 saturated heterocycles. The van der Waals surface area contributed by atoms with Gasteiger partial charge >= 0.3 is 0 Å². The molecule has 44 heavy (non-hydrogen) atoms. The predicted molar refractivity (Wildman–Crippen MR) is 180 cm³/mol. The largest absolute Gasteiger partial charge is 0.384 e. The topological polar surface area (TPSA) is 75.3 Å². The number of fused-ring (bicyclic) bond motifs is 2. The van der Waals surface area contributed by atoms with Gasteiger partial charge in [0.25, 0.3) is 5.91 Å². The van der Waals surface area contributed by atoms with Gasteiger partial charge in [0, 0.05) is 28.9 Å². The Labute approximate surface area is 261 Å². The highest BCUT2D eigenvalue weighted by molar-refractivity contribution is 6.32. The number of anilines is 2. The van der Waals surface area contributed by atoms with Crippen LogP contribution in [0.4, 0.5) is 11.4 Å². The van der Waals surface area contributed by atoms with Gasteiger partial charge in [0.1, 0.15) is 0 Å². The molecule has 0 spiro atoms. The number of aryl methyl sites for hydroxylation is 1. The maximum Gasteiger partial charge on any atom is 0.255 e. The minimum Gasteiger partial charge on any atom is -0.384 e. The molecule has 2 N–H and O–H groups in total. The highest BCUT2D eigenvalue weighted by atomic mass is 16.2. The van der Waals surface area contributed by atoms with E-state index in [0.29, 0.717) is 40.2 Å². The van der Waals surface area contributed by atoms with Gasteiger partial charge in [-0.2, -0.15) is 0 Å². The van der Waals surface area contributed by atoms with Crippen molar-refractivity contribution in [1.82, 2.24) is 0 Å². The van der Waals surface area contributed by atoms with E-state index in [4.69, 9.17) is 0 Å². The number of hydrogen-bond donors (Lipinski definition) is 2. The zero-order valence-electron chi connectivity index (χ0n) is 25.9. The molecule has 0 fully saturated rings. The first-order valence-corrected chi connectivity index (χ1v) is 16.1. The summed E-state index contributed by atoms with van der Waals surface area (Å²) in [7, 11) is 0. The quantitative estimate of drug-likeness (QED) is 0.127. The molecule has 0 heterocycles. The fourth-order valence-corrected chi connectivity index (χ4v) is 5.86. The highest BCUT2D eigenvalue weighted by Gasteiger charge is 2.34. The molecule has 0 bridgehead atoms. The Morgan fingerprint density at radius 3 is 1.77 bits per heavy atom. The molecule has 1 aliphatic carbocycles. The van der Waals surface area contributed by atoms with Crippen molar-refractivity contribution in [2.45, 2.75) is 71.6 Å². The van der Waals surface area contributed by atoms with Crippen LogP contribution in [0.1, 0.15) is 113 Å². The molecule has 1 aliphatic rings. The fraction of sp³-hybridized carbons (Fsp3) is 0.308. The molecule has 4 aromatic carbocycles. The van der Waals surface area contributed by atoms with E-state index >= 15 is 0 Å². The molecule has 4 aromatic rings. The lowest BCUT2D eigenvalue weighted by Gasteiger charge is -2.23. The molecule has 0 aliphatic heterocycles. The Morgan fingerprint density at radius 1 is 0.591 bits per heavy atom. The van der Waals surface area contributed by atoms with Crippen molar-refractivity contribution in [3.8, 4) is 11.1 Å². The summed E-state index contributed by atoms with van der Waals surface area (Å²) >= 11 is 0. The number of rotatable bonds is 14. The summed E-state index contributed by atoms with van der Waals surface area (Å²) in [5.41, 5.74) is 6.21. The average molecular weight is 587 g/mol. The van der Waals surface area contributed by atoms with Gasteiger partial charge in [-0.1, -0.05) is 113 Å². The van der Waals surface area contributed by atoms with Crippen LogP contribution in [0.15, 0.2) is 84.9 Å². The Balaban J connectivity index is 1.30. The standard InChI is InChI=1S/C39H42N2O3/c1-3-5-7-8-9-10-13-27-16-18-28(19-17-27)29-20-22-30(23-21-29)39(44)41-34-25-24-33(40-26-6-4-2)35-36(34)38(43)32-15-12-11-14-31(32)37(35)42/h11-12,14-25,40H,3-10,13,26H2,1-2H3,(H,41,44). The lowest BCUT2D eigenvalue weighted by atomic mass is 9.82. The molecule has 0 unspecified atom stereocenters. The van der Waals surface area contributed by atoms with Gasteiger partial charge in [-0.25, -0.2) is 0 Å². The first-order valence-electron chi connectivity index (χ1n) is 16.1. The maximum absolute atomic E-state index is 13.7. The third kappa shape index (κ3) is 6.99. The third-order valence-electron chi connectivity index (χ3n) is 8.42. The number of amides is 1. The number of hydrogen-bond acceptors (Lipinski definition) is 4. The van der Waals surface area contributed by atoms with Crippen LogP contribution >= 0.6 is 0 Å². The van der Waals surface area contributed by atoms with E-state index in [1.54, 1.807) is 48.5 Å². The molecule has 0 saturated carbocycles. The number of benzene rings is 4. The lowest BCUT2D eigenvalue weighted by molar-refractivity contribution is 0.0979. The minimum absolute atomic E-state index is 0.215. The van der Waals surface area contributed by atoms with Crippen molar-refractivity contribution in [3.05, 3.63) is 118 Å². The van der Waals surface area contributed by atoms with Crippen LogP contribution in [-0.2, 0) is 6.42 Å². The molecule has 5 heteroatoms. The van der Waals surface area contributed by atoms with Gasteiger partial charge in [-0.3, -0.25) is 14.4 Å². The number of unbranched alkanes of at least 4 members (excludes halogenated alkanes) is 6. The van der Waals surface area contributed by atoms with Crippen molar-refractivity contribution >= 4 is 28.8 Å². The Morgan fingerprint density at radius 2 is 1.14 bits per heavy atom. The summed E-state index contributed by atoms with van der Waals surface area (Å²) in [6, 6.07) is 26.5. The van der Waals surface area contributed by atoms with Crippen LogP contribution in [-0.4, -0.2) is 24.0 Å². The van der Waals surface area contributed by atoms with E-state index in [1.807, 2.05) is 12.1 Å². The fourth-order valence-electron chi connectivity index (χ4n) is 5.86. The molecular weight excluding hydrogens is 544 g/mol. The summed E-state index contributed by atoms with van der Waals surface area (Å²) in [5.74, 6) is -0.814. The van der Waals surface area contributed by atoms with Crippen molar-refractivity contribution < 1.29 is 14.4 Å². The van der Waals surface area contributed by atoms with Gasteiger partial charge in [0.15, 0.2) is 11.6 Å². The second-order valence-corrected chi connectivity index (χ2v) is 11.6. The molecular formula is C39H42N2O3. The van der Waals surface area contributed by atoms with E-state index in [1.165, 1.54) is 44.1 Å². The van der Waals surface area contributed by atoms with Crippen LogP contribution < -0.4 is 10.6 Å². The predicted octanol–water partition coefficient (Wildman–Crippen LogP) is 9.50. The summed E-state index contributed by atoms with van der Waals surface area (Å²) in [6.45, 7) is 5.03. The first-order chi connectivity index (χ1) is 21.5. The van der Waals surface area contributed by atoms with Crippen molar-refractivity contribution in [2.75, 3.05) is 17.2 Å². The summed E-state index contributed by atoms with van der Waals surface area (Å²) < 4.78 is 0. The molecule has 5 rings (SSSR count). The van der Waals surface area contributed by atoms with Crippen LogP contribution in [0.3, 0.4) is 0 Å². The summed E-state index contributed by atoms with van der Waals surface area (Å²) in [4.78, 5) is 40.7. The van der Waals surface area contributed by atoms with Gasteiger partial charge in [0.2, 0.25) is 0 Å². The molecule has 0 atom stereocenters. The number of ketones is 2. The lowest BCUT2D eigenvalue weighted by Crippen LogP contribution is -2.25. The molecule has 0 radical (unpaired) electrons. The van der Waals surface area contributed by atoms with Crippen LogP contribution in [0.25, 0.3) is 11.1 Å². The van der Waals surface area contributed by atoms with Gasteiger partial charge in [-0.05, 0) is 60.2 Å². The first kappa shape index (κ1) is 30.9. The highest BCUT2D eigenvalue weighted by Crippen LogP contribution is 2.37. The number of carbonyl (C=O) groups excluding carboxylic acids is 3. The Hall–Kier alpha value is -4.51. The second-order valence-electron chi connectivity index (χ2n) is 11.6. The van der Waals surface area contributed by atoms with Crippen LogP contribution in [0.5, 0.6) is 0 Å².